The largest absolute Gasteiger partial charge is 0.398 e. The molecule has 1 aromatic rings. The fourth-order valence-electron chi connectivity index (χ4n) is 2.77. The molecule has 106 valence electrons. The fourth-order valence-corrected chi connectivity index (χ4v) is 3.57. The molecule has 5 heteroatoms. The topological polar surface area (TPSA) is 63.4 Å². The first kappa shape index (κ1) is 14.2. The smallest absolute Gasteiger partial charge is 0.177 e. The Labute approximate surface area is 115 Å². The molecule has 19 heavy (non-hydrogen) atoms. The Kier molecular flexibility index (Phi) is 4.04. The van der Waals surface area contributed by atoms with E-state index in [1.807, 2.05) is 6.07 Å². The summed E-state index contributed by atoms with van der Waals surface area (Å²) in [4.78, 5) is 2.44. The number of hydrogen-bond acceptors (Lipinski definition) is 4. The molecule has 0 radical (unpaired) electrons. The van der Waals surface area contributed by atoms with Crippen molar-refractivity contribution in [2.75, 3.05) is 23.9 Å². The monoisotopic (exact) mass is 282 g/mol. The summed E-state index contributed by atoms with van der Waals surface area (Å²) in [5.41, 5.74) is 7.20. The number of nitrogen functional groups attached to an aromatic ring is 1. The van der Waals surface area contributed by atoms with Crippen LogP contribution < -0.4 is 10.6 Å². The molecule has 0 heterocycles. The van der Waals surface area contributed by atoms with Gasteiger partial charge in [0.05, 0.1) is 10.6 Å². The van der Waals surface area contributed by atoms with Crippen molar-refractivity contribution in [2.45, 2.75) is 43.0 Å². The van der Waals surface area contributed by atoms with Crippen molar-refractivity contribution in [3.05, 3.63) is 18.2 Å². The summed E-state index contributed by atoms with van der Waals surface area (Å²) in [6, 6.07) is 5.77. The highest BCUT2D eigenvalue weighted by atomic mass is 32.2. The van der Waals surface area contributed by atoms with Crippen molar-refractivity contribution in [1.82, 2.24) is 0 Å². The van der Waals surface area contributed by atoms with E-state index in [4.69, 9.17) is 5.73 Å². The van der Waals surface area contributed by atoms with Crippen molar-refractivity contribution in [3.8, 4) is 0 Å². The molecule has 0 bridgehead atoms. The Hall–Kier alpha value is -1.23. The molecule has 0 aliphatic heterocycles. The highest BCUT2D eigenvalue weighted by Gasteiger charge is 2.19. The van der Waals surface area contributed by atoms with Gasteiger partial charge in [-0.3, -0.25) is 0 Å². The predicted octanol–water partition coefficient (Wildman–Crippen LogP) is 2.44. The first-order chi connectivity index (χ1) is 8.89. The maximum absolute atomic E-state index is 11.5. The van der Waals surface area contributed by atoms with Gasteiger partial charge in [0.15, 0.2) is 9.84 Å². The molecule has 1 aliphatic carbocycles. The molecule has 1 saturated carbocycles. The van der Waals surface area contributed by atoms with E-state index in [-0.39, 0.29) is 4.90 Å². The first-order valence-electron chi connectivity index (χ1n) is 6.72. The zero-order valence-electron chi connectivity index (χ0n) is 11.6. The zero-order valence-corrected chi connectivity index (χ0v) is 12.4. The molecule has 1 aliphatic rings. The number of rotatable bonds is 3. The van der Waals surface area contributed by atoms with E-state index in [9.17, 15) is 8.42 Å². The Bertz CT molecular complexity index is 549. The second-order valence-corrected chi connectivity index (χ2v) is 7.38. The first-order valence-corrected chi connectivity index (χ1v) is 8.61. The third-order valence-corrected chi connectivity index (χ3v) is 5.09. The number of nitrogens with two attached hydrogens (primary N) is 1. The maximum Gasteiger partial charge on any atom is 0.177 e. The van der Waals surface area contributed by atoms with Crippen molar-refractivity contribution in [2.24, 2.45) is 0 Å². The van der Waals surface area contributed by atoms with Gasteiger partial charge in [-0.1, -0.05) is 19.3 Å². The standard InChI is InChI=1S/C14H22N2O2S/c1-16(11-6-4-3-5-7-11)12-8-9-14(13(15)10-12)19(2,17)18/h8-11H,3-7,15H2,1-2H3. The second kappa shape index (κ2) is 5.41. The second-order valence-electron chi connectivity index (χ2n) is 5.40. The van der Waals surface area contributed by atoms with Crippen LogP contribution in [0.15, 0.2) is 23.1 Å². The molecule has 2 rings (SSSR count). The molecule has 0 spiro atoms. The average molecular weight is 282 g/mol. The minimum Gasteiger partial charge on any atom is -0.398 e. The molecular weight excluding hydrogens is 260 g/mol. The molecule has 0 saturated heterocycles. The Morgan fingerprint density at radius 1 is 1.21 bits per heavy atom. The van der Waals surface area contributed by atoms with Crippen LogP contribution in [0.4, 0.5) is 11.4 Å². The van der Waals surface area contributed by atoms with Crippen LogP contribution in [0.2, 0.25) is 0 Å². The molecular formula is C14H22N2O2S. The predicted molar refractivity (Wildman–Crippen MR) is 79.2 cm³/mol. The average Bonchev–Trinajstić information content (AvgIpc) is 2.37. The Morgan fingerprint density at radius 3 is 2.37 bits per heavy atom. The molecule has 0 aromatic heterocycles. The fraction of sp³-hybridized carbons (Fsp3) is 0.571. The van der Waals surface area contributed by atoms with Gasteiger partial charge in [0.25, 0.3) is 0 Å². The van der Waals surface area contributed by atoms with E-state index in [1.165, 1.54) is 38.4 Å². The molecule has 1 aromatic carbocycles. The van der Waals surface area contributed by atoms with Crippen LogP contribution in [-0.4, -0.2) is 27.8 Å². The van der Waals surface area contributed by atoms with Gasteiger partial charge in [-0.2, -0.15) is 0 Å². The van der Waals surface area contributed by atoms with Gasteiger partial charge in [-0.15, -0.1) is 0 Å². The minimum atomic E-state index is -3.24. The van der Waals surface area contributed by atoms with E-state index in [0.29, 0.717) is 11.7 Å². The maximum atomic E-state index is 11.5. The van der Waals surface area contributed by atoms with E-state index >= 15 is 0 Å². The van der Waals surface area contributed by atoms with E-state index < -0.39 is 9.84 Å². The molecule has 1 fully saturated rings. The SMILES string of the molecule is CN(c1ccc(S(C)(=O)=O)c(N)c1)C1CCCCC1. The van der Waals surface area contributed by atoms with Gasteiger partial charge >= 0.3 is 0 Å². The van der Waals surface area contributed by atoms with Crippen LogP contribution in [-0.2, 0) is 9.84 Å². The quantitative estimate of drug-likeness (QED) is 0.865. The van der Waals surface area contributed by atoms with E-state index in [0.717, 1.165) is 5.69 Å². The Balaban J connectivity index is 2.24. The van der Waals surface area contributed by atoms with Crippen molar-refractivity contribution in [3.63, 3.8) is 0 Å². The summed E-state index contributed by atoms with van der Waals surface area (Å²) in [5, 5.41) is 0. The van der Waals surface area contributed by atoms with Gasteiger partial charge in [-0.05, 0) is 31.0 Å². The number of anilines is 2. The number of hydrogen-bond donors (Lipinski definition) is 1. The van der Waals surface area contributed by atoms with Crippen LogP contribution in [0, 0.1) is 0 Å². The van der Waals surface area contributed by atoms with Gasteiger partial charge in [0.2, 0.25) is 0 Å². The lowest BCUT2D eigenvalue weighted by molar-refractivity contribution is 0.427. The highest BCUT2D eigenvalue weighted by Crippen LogP contribution is 2.29. The molecule has 0 unspecified atom stereocenters. The lowest BCUT2D eigenvalue weighted by atomic mass is 9.94. The summed E-state index contributed by atoms with van der Waals surface area (Å²) in [6.07, 6.45) is 7.44. The zero-order chi connectivity index (χ0) is 14.0. The third-order valence-electron chi connectivity index (χ3n) is 3.92. The van der Waals surface area contributed by atoms with Gasteiger partial charge in [0.1, 0.15) is 0 Å². The summed E-state index contributed by atoms with van der Waals surface area (Å²) >= 11 is 0. The van der Waals surface area contributed by atoms with Crippen LogP contribution >= 0.6 is 0 Å². The highest BCUT2D eigenvalue weighted by molar-refractivity contribution is 7.90. The van der Waals surface area contributed by atoms with Gasteiger partial charge in [0, 0.05) is 25.0 Å². The van der Waals surface area contributed by atoms with Crippen LogP contribution in [0.5, 0.6) is 0 Å². The normalized spacial score (nSPS) is 17.4. The number of nitrogens with zero attached hydrogens (tertiary/aromatic N) is 1. The van der Waals surface area contributed by atoms with Crippen molar-refractivity contribution < 1.29 is 8.42 Å². The summed E-state index contributed by atoms with van der Waals surface area (Å²) < 4.78 is 23.1. The van der Waals surface area contributed by atoms with Crippen LogP contribution in [0.3, 0.4) is 0 Å². The van der Waals surface area contributed by atoms with Gasteiger partial charge < -0.3 is 10.6 Å². The van der Waals surface area contributed by atoms with E-state index in [1.54, 1.807) is 12.1 Å². The van der Waals surface area contributed by atoms with Crippen molar-refractivity contribution >= 4 is 21.2 Å². The minimum absolute atomic E-state index is 0.216. The lowest BCUT2D eigenvalue weighted by Crippen LogP contribution is -2.33. The third kappa shape index (κ3) is 3.21. The summed E-state index contributed by atoms with van der Waals surface area (Å²) in [5.74, 6) is 0. The van der Waals surface area contributed by atoms with Crippen LogP contribution in [0.1, 0.15) is 32.1 Å². The van der Waals surface area contributed by atoms with E-state index in [2.05, 4.69) is 11.9 Å². The molecule has 2 N–H and O–H groups in total. The number of benzene rings is 1. The molecule has 0 amide bonds. The summed E-state index contributed by atoms with van der Waals surface area (Å²) in [7, 11) is -1.18. The van der Waals surface area contributed by atoms with Gasteiger partial charge in [-0.25, -0.2) is 8.42 Å². The lowest BCUT2D eigenvalue weighted by Gasteiger charge is -2.33. The summed E-state index contributed by atoms with van der Waals surface area (Å²) in [6.45, 7) is 0. The molecule has 0 atom stereocenters. The van der Waals surface area contributed by atoms with Crippen molar-refractivity contribution in [1.29, 1.82) is 0 Å². The van der Waals surface area contributed by atoms with Crippen LogP contribution in [0.25, 0.3) is 0 Å². The Morgan fingerprint density at radius 2 is 1.84 bits per heavy atom. The molecule has 4 nitrogen and oxygen atoms in total. The number of sulfone groups is 1.